The molecule has 2 rings (SSSR count). The highest BCUT2D eigenvalue weighted by atomic mass is 19.4. The molecule has 0 amide bonds. The molecular weight excluding hydrogens is 269 g/mol. The highest BCUT2D eigenvalue weighted by Gasteiger charge is 2.33. The van der Waals surface area contributed by atoms with E-state index < -0.39 is 17.3 Å². The Bertz CT molecular complexity index is 464. The lowest BCUT2D eigenvalue weighted by atomic mass is 9.79. The van der Waals surface area contributed by atoms with Crippen LogP contribution in [0, 0.1) is 5.92 Å². The van der Waals surface area contributed by atoms with Crippen molar-refractivity contribution in [3.8, 4) is 0 Å². The summed E-state index contributed by atoms with van der Waals surface area (Å²) < 4.78 is 37.8. The molecule has 1 fully saturated rings. The van der Waals surface area contributed by atoms with Gasteiger partial charge in [-0.2, -0.15) is 13.2 Å². The number of alkyl halides is 3. The van der Waals surface area contributed by atoms with Crippen LogP contribution in [-0.4, -0.2) is 22.2 Å². The van der Waals surface area contributed by atoms with Gasteiger partial charge in [-0.1, -0.05) is 19.8 Å². The molecule has 1 aromatic rings. The fourth-order valence-corrected chi connectivity index (χ4v) is 2.75. The standard InChI is InChI=1S/C14H19F3N2O/c1-10-3-2-5-13(20,8-10)9-19-12-7-11(4-6-18-12)14(15,16)17/h4,6-7,10,20H,2-3,5,8-9H2,1H3,(H,18,19). The summed E-state index contributed by atoms with van der Waals surface area (Å²) in [5, 5.41) is 13.2. The second kappa shape index (κ2) is 5.60. The fourth-order valence-electron chi connectivity index (χ4n) is 2.75. The molecule has 0 bridgehead atoms. The molecule has 0 aromatic carbocycles. The summed E-state index contributed by atoms with van der Waals surface area (Å²) in [5.74, 6) is 0.580. The van der Waals surface area contributed by atoms with Crippen LogP contribution in [0.5, 0.6) is 0 Å². The Morgan fingerprint density at radius 1 is 1.50 bits per heavy atom. The van der Waals surface area contributed by atoms with Crippen LogP contribution in [0.3, 0.4) is 0 Å². The summed E-state index contributed by atoms with van der Waals surface area (Å²) in [7, 11) is 0. The number of aliphatic hydroxyl groups is 1. The lowest BCUT2D eigenvalue weighted by Gasteiger charge is -2.35. The monoisotopic (exact) mass is 288 g/mol. The first kappa shape index (κ1) is 15.1. The highest BCUT2D eigenvalue weighted by Crippen LogP contribution is 2.33. The first-order chi connectivity index (χ1) is 9.28. The number of aromatic nitrogens is 1. The summed E-state index contributed by atoms with van der Waals surface area (Å²) in [5.41, 5.74) is -1.59. The van der Waals surface area contributed by atoms with E-state index >= 15 is 0 Å². The molecule has 1 heterocycles. The van der Waals surface area contributed by atoms with Crippen molar-refractivity contribution in [2.45, 2.75) is 44.4 Å². The van der Waals surface area contributed by atoms with Crippen molar-refractivity contribution in [2.24, 2.45) is 5.92 Å². The second-order valence-electron chi connectivity index (χ2n) is 5.71. The third-order valence-electron chi connectivity index (χ3n) is 3.75. The van der Waals surface area contributed by atoms with E-state index in [0.717, 1.165) is 31.2 Å². The van der Waals surface area contributed by atoms with Gasteiger partial charge in [0.25, 0.3) is 0 Å². The number of anilines is 1. The van der Waals surface area contributed by atoms with Gasteiger partial charge < -0.3 is 10.4 Å². The molecule has 0 aliphatic heterocycles. The zero-order valence-electron chi connectivity index (χ0n) is 11.4. The second-order valence-corrected chi connectivity index (χ2v) is 5.71. The molecule has 0 saturated heterocycles. The van der Waals surface area contributed by atoms with E-state index in [2.05, 4.69) is 17.2 Å². The van der Waals surface area contributed by atoms with Crippen LogP contribution in [0.2, 0.25) is 0 Å². The van der Waals surface area contributed by atoms with Crippen molar-refractivity contribution in [3.05, 3.63) is 23.9 Å². The predicted octanol–water partition coefficient (Wildman–Crippen LogP) is 3.45. The molecular formula is C14H19F3N2O. The quantitative estimate of drug-likeness (QED) is 0.895. The molecule has 0 spiro atoms. The Labute approximate surface area is 116 Å². The van der Waals surface area contributed by atoms with E-state index in [0.29, 0.717) is 18.8 Å². The van der Waals surface area contributed by atoms with E-state index in [1.807, 2.05) is 0 Å². The minimum absolute atomic E-state index is 0.145. The zero-order chi connectivity index (χ0) is 14.8. The number of nitrogens with one attached hydrogen (secondary N) is 1. The van der Waals surface area contributed by atoms with Crippen LogP contribution < -0.4 is 5.32 Å². The molecule has 1 saturated carbocycles. The van der Waals surface area contributed by atoms with Crippen LogP contribution in [0.15, 0.2) is 18.3 Å². The Morgan fingerprint density at radius 2 is 2.25 bits per heavy atom. The summed E-state index contributed by atoms with van der Waals surface area (Å²) in [4.78, 5) is 3.87. The predicted molar refractivity (Wildman–Crippen MR) is 70.3 cm³/mol. The van der Waals surface area contributed by atoms with E-state index in [-0.39, 0.29) is 12.4 Å². The molecule has 2 atom stereocenters. The Kier molecular flexibility index (Phi) is 4.22. The molecule has 0 radical (unpaired) electrons. The van der Waals surface area contributed by atoms with E-state index in [9.17, 15) is 18.3 Å². The summed E-state index contributed by atoms with van der Waals surface area (Å²) in [6, 6.07) is 1.90. The van der Waals surface area contributed by atoms with Crippen molar-refractivity contribution in [1.82, 2.24) is 4.98 Å². The molecule has 2 N–H and O–H groups in total. The first-order valence-electron chi connectivity index (χ1n) is 6.78. The van der Waals surface area contributed by atoms with Gasteiger partial charge in [0.2, 0.25) is 0 Å². The SMILES string of the molecule is CC1CCCC(O)(CNc2cc(C(F)(F)F)ccn2)C1. The van der Waals surface area contributed by atoms with Gasteiger partial charge in [0.05, 0.1) is 11.2 Å². The largest absolute Gasteiger partial charge is 0.416 e. The van der Waals surface area contributed by atoms with Crippen molar-refractivity contribution in [2.75, 3.05) is 11.9 Å². The van der Waals surface area contributed by atoms with Gasteiger partial charge in [-0.25, -0.2) is 4.98 Å². The number of pyridine rings is 1. The smallest absolute Gasteiger partial charge is 0.388 e. The maximum absolute atomic E-state index is 12.6. The van der Waals surface area contributed by atoms with Gasteiger partial charge in [0, 0.05) is 12.7 Å². The maximum atomic E-state index is 12.6. The minimum Gasteiger partial charge on any atom is -0.388 e. The number of rotatable bonds is 3. The van der Waals surface area contributed by atoms with E-state index in [1.54, 1.807) is 0 Å². The first-order valence-corrected chi connectivity index (χ1v) is 6.78. The van der Waals surface area contributed by atoms with Crippen LogP contribution in [0.25, 0.3) is 0 Å². The molecule has 20 heavy (non-hydrogen) atoms. The fraction of sp³-hybridized carbons (Fsp3) is 0.643. The normalized spacial score (nSPS) is 27.4. The molecule has 1 aliphatic carbocycles. The van der Waals surface area contributed by atoms with Crippen LogP contribution >= 0.6 is 0 Å². The Morgan fingerprint density at radius 3 is 2.90 bits per heavy atom. The summed E-state index contributed by atoms with van der Waals surface area (Å²) in [6.45, 7) is 2.30. The maximum Gasteiger partial charge on any atom is 0.416 e. The lowest BCUT2D eigenvalue weighted by molar-refractivity contribution is -0.137. The van der Waals surface area contributed by atoms with E-state index in [4.69, 9.17) is 0 Å². The lowest BCUT2D eigenvalue weighted by Crippen LogP contribution is -2.41. The molecule has 2 unspecified atom stereocenters. The van der Waals surface area contributed by atoms with Gasteiger partial charge >= 0.3 is 6.18 Å². The van der Waals surface area contributed by atoms with Crippen molar-refractivity contribution in [3.63, 3.8) is 0 Å². The van der Waals surface area contributed by atoms with Gasteiger partial charge in [-0.15, -0.1) is 0 Å². The number of hydrogen-bond donors (Lipinski definition) is 2. The topological polar surface area (TPSA) is 45.1 Å². The van der Waals surface area contributed by atoms with E-state index in [1.165, 1.54) is 0 Å². The zero-order valence-corrected chi connectivity index (χ0v) is 11.4. The average Bonchev–Trinajstić information content (AvgIpc) is 2.36. The minimum atomic E-state index is -4.38. The van der Waals surface area contributed by atoms with Crippen LogP contribution in [-0.2, 0) is 6.18 Å². The van der Waals surface area contributed by atoms with Gasteiger partial charge in [0.1, 0.15) is 5.82 Å². The molecule has 1 aromatic heterocycles. The molecule has 6 heteroatoms. The highest BCUT2D eigenvalue weighted by molar-refractivity contribution is 5.39. The number of nitrogens with zero attached hydrogens (tertiary/aromatic N) is 1. The molecule has 1 aliphatic rings. The third kappa shape index (κ3) is 3.85. The van der Waals surface area contributed by atoms with Crippen molar-refractivity contribution in [1.29, 1.82) is 0 Å². The molecule has 3 nitrogen and oxygen atoms in total. The van der Waals surface area contributed by atoms with Crippen molar-refractivity contribution < 1.29 is 18.3 Å². The van der Waals surface area contributed by atoms with Crippen LogP contribution in [0.4, 0.5) is 19.0 Å². The Hall–Kier alpha value is -1.30. The van der Waals surface area contributed by atoms with Crippen LogP contribution in [0.1, 0.15) is 38.2 Å². The number of halogens is 3. The summed E-state index contributed by atoms with van der Waals surface area (Å²) >= 11 is 0. The average molecular weight is 288 g/mol. The van der Waals surface area contributed by atoms with Gasteiger partial charge in [-0.3, -0.25) is 0 Å². The van der Waals surface area contributed by atoms with Gasteiger partial charge in [-0.05, 0) is 30.9 Å². The number of hydrogen-bond acceptors (Lipinski definition) is 3. The van der Waals surface area contributed by atoms with Crippen molar-refractivity contribution >= 4 is 5.82 Å². The molecule has 112 valence electrons. The Balaban J connectivity index is 2.00. The van der Waals surface area contributed by atoms with Gasteiger partial charge in [0.15, 0.2) is 0 Å². The third-order valence-corrected chi connectivity index (χ3v) is 3.75. The summed E-state index contributed by atoms with van der Waals surface area (Å²) in [6.07, 6.45) is 0.107.